The van der Waals surface area contributed by atoms with Gasteiger partial charge in [0.15, 0.2) is 0 Å². The van der Waals surface area contributed by atoms with Gasteiger partial charge in [-0.1, -0.05) is 19.9 Å². The maximum Gasteiger partial charge on any atom is 0.139 e. The monoisotopic (exact) mass is 204 g/mol. The summed E-state index contributed by atoms with van der Waals surface area (Å²) in [7, 11) is 0. The lowest BCUT2D eigenvalue weighted by Crippen LogP contribution is -2.18. The molecule has 1 aromatic carbocycles. The van der Waals surface area contributed by atoms with E-state index in [0.29, 0.717) is 11.7 Å². The van der Waals surface area contributed by atoms with E-state index in [4.69, 9.17) is 0 Å². The van der Waals surface area contributed by atoms with Crippen LogP contribution in [-0.2, 0) is 0 Å². The molecule has 1 N–H and O–H groups in total. The minimum absolute atomic E-state index is 0.327. The Balaban J connectivity index is 2.36. The number of phenolic OH excluding ortho intramolecular Hbond substituents is 1. The predicted molar refractivity (Wildman–Crippen MR) is 62.9 cm³/mol. The fourth-order valence-electron chi connectivity index (χ4n) is 1.69. The van der Waals surface area contributed by atoms with Crippen molar-refractivity contribution in [1.82, 2.24) is 0 Å². The standard InChI is InChI=1S/C12H16N2O/c1-9(2)10-3-4-12(15)11(7-10)14-6-5-13-8-14/h3-4,7-9,15H,5-6H2,1-2H3. The first kappa shape index (κ1) is 10.0. The normalized spacial score (nSPS) is 15.3. The predicted octanol–water partition coefficient (Wildman–Crippen LogP) is 2.36. The van der Waals surface area contributed by atoms with E-state index in [0.717, 1.165) is 18.8 Å². The van der Waals surface area contributed by atoms with E-state index in [9.17, 15) is 5.11 Å². The highest BCUT2D eigenvalue weighted by Crippen LogP contribution is 2.30. The second-order valence-electron chi connectivity index (χ2n) is 4.12. The number of nitrogens with zero attached hydrogens (tertiary/aromatic N) is 2. The molecule has 0 spiro atoms. The number of rotatable bonds is 2. The molecule has 0 aromatic heterocycles. The largest absolute Gasteiger partial charge is 0.506 e. The topological polar surface area (TPSA) is 35.8 Å². The molecule has 3 nitrogen and oxygen atoms in total. The Morgan fingerprint density at radius 2 is 2.20 bits per heavy atom. The summed E-state index contributed by atoms with van der Waals surface area (Å²) in [5, 5.41) is 9.77. The van der Waals surface area contributed by atoms with Crippen LogP contribution in [0.15, 0.2) is 23.2 Å². The van der Waals surface area contributed by atoms with E-state index >= 15 is 0 Å². The smallest absolute Gasteiger partial charge is 0.139 e. The van der Waals surface area contributed by atoms with Crippen LogP contribution < -0.4 is 4.90 Å². The molecule has 0 unspecified atom stereocenters. The molecule has 1 aromatic rings. The Hall–Kier alpha value is -1.51. The number of hydrogen-bond acceptors (Lipinski definition) is 3. The molecule has 0 aliphatic carbocycles. The SMILES string of the molecule is CC(C)c1ccc(O)c(N2C=NCC2)c1. The highest BCUT2D eigenvalue weighted by atomic mass is 16.3. The Kier molecular flexibility index (Phi) is 2.62. The molecule has 1 aliphatic heterocycles. The molecule has 3 heteroatoms. The van der Waals surface area contributed by atoms with Crippen molar-refractivity contribution in [3.63, 3.8) is 0 Å². The summed E-state index contributed by atoms with van der Waals surface area (Å²) in [6.07, 6.45) is 1.79. The van der Waals surface area contributed by atoms with Crippen molar-refractivity contribution >= 4 is 12.0 Å². The molecule has 15 heavy (non-hydrogen) atoms. The van der Waals surface area contributed by atoms with Gasteiger partial charge in [-0.2, -0.15) is 0 Å². The third kappa shape index (κ3) is 1.96. The number of hydrogen-bond donors (Lipinski definition) is 1. The lowest BCUT2D eigenvalue weighted by Gasteiger charge is -2.17. The molecule has 80 valence electrons. The molecule has 2 rings (SSSR count). The fourth-order valence-corrected chi connectivity index (χ4v) is 1.69. The molecular weight excluding hydrogens is 188 g/mol. The zero-order chi connectivity index (χ0) is 10.8. The summed E-state index contributed by atoms with van der Waals surface area (Å²) >= 11 is 0. The first-order valence-electron chi connectivity index (χ1n) is 5.28. The molecule has 1 heterocycles. The highest BCUT2D eigenvalue weighted by molar-refractivity contribution is 5.83. The van der Waals surface area contributed by atoms with Crippen molar-refractivity contribution in [2.24, 2.45) is 4.99 Å². The quantitative estimate of drug-likeness (QED) is 0.802. The van der Waals surface area contributed by atoms with Gasteiger partial charge in [-0.3, -0.25) is 4.99 Å². The summed E-state index contributed by atoms with van der Waals surface area (Å²) in [6, 6.07) is 5.77. The van der Waals surface area contributed by atoms with Crippen LogP contribution in [0, 0.1) is 0 Å². The second kappa shape index (κ2) is 3.93. The molecule has 0 fully saturated rings. The number of benzene rings is 1. The van der Waals surface area contributed by atoms with Crippen molar-refractivity contribution in [3.05, 3.63) is 23.8 Å². The molecular formula is C12H16N2O. The van der Waals surface area contributed by atoms with Crippen molar-refractivity contribution in [3.8, 4) is 5.75 Å². The van der Waals surface area contributed by atoms with E-state index in [1.165, 1.54) is 5.56 Å². The van der Waals surface area contributed by atoms with E-state index < -0.39 is 0 Å². The Labute approximate surface area is 90.1 Å². The summed E-state index contributed by atoms with van der Waals surface area (Å²) in [6.45, 7) is 5.96. The Morgan fingerprint density at radius 1 is 1.40 bits per heavy atom. The van der Waals surface area contributed by atoms with Crippen LogP contribution in [0.2, 0.25) is 0 Å². The summed E-state index contributed by atoms with van der Waals surface area (Å²) < 4.78 is 0. The van der Waals surface area contributed by atoms with Crippen LogP contribution in [0.4, 0.5) is 5.69 Å². The average molecular weight is 204 g/mol. The molecule has 0 radical (unpaired) electrons. The van der Waals surface area contributed by atoms with Gasteiger partial charge in [0.2, 0.25) is 0 Å². The van der Waals surface area contributed by atoms with Gasteiger partial charge in [-0.25, -0.2) is 0 Å². The zero-order valence-electron chi connectivity index (χ0n) is 9.14. The summed E-state index contributed by atoms with van der Waals surface area (Å²) in [4.78, 5) is 6.13. The number of anilines is 1. The molecule has 0 saturated heterocycles. The van der Waals surface area contributed by atoms with Gasteiger partial charge in [0.1, 0.15) is 5.75 Å². The minimum atomic E-state index is 0.327. The van der Waals surface area contributed by atoms with E-state index in [1.807, 2.05) is 17.0 Å². The minimum Gasteiger partial charge on any atom is -0.506 e. The maximum absolute atomic E-state index is 9.77. The highest BCUT2D eigenvalue weighted by Gasteiger charge is 2.13. The Bertz CT molecular complexity index is 385. The van der Waals surface area contributed by atoms with Crippen LogP contribution in [0.25, 0.3) is 0 Å². The van der Waals surface area contributed by atoms with Gasteiger partial charge < -0.3 is 10.0 Å². The van der Waals surface area contributed by atoms with Gasteiger partial charge in [-0.15, -0.1) is 0 Å². The van der Waals surface area contributed by atoms with Crippen molar-refractivity contribution in [2.45, 2.75) is 19.8 Å². The zero-order valence-corrected chi connectivity index (χ0v) is 9.14. The third-order valence-corrected chi connectivity index (χ3v) is 2.67. The number of phenols is 1. The van der Waals surface area contributed by atoms with Gasteiger partial charge in [0.25, 0.3) is 0 Å². The number of aromatic hydroxyl groups is 1. The summed E-state index contributed by atoms with van der Waals surface area (Å²) in [5.74, 6) is 0.802. The molecule has 0 bridgehead atoms. The maximum atomic E-state index is 9.77. The molecule has 0 saturated carbocycles. The van der Waals surface area contributed by atoms with E-state index in [2.05, 4.69) is 18.8 Å². The molecule has 0 amide bonds. The van der Waals surface area contributed by atoms with Crippen molar-refractivity contribution in [1.29, 1.82) is 0 Å². The third-order valence-electron chi connectivity index (χ3n) is 2.67. The fraction of sp³-hybridized carbons (Fsp3) is 0.417. The first-order valence-corrected chi connectivity index (χ1v) is 5.28. The van der Waals surface area contributed by atoms with Gasteiger partial charge in [0, 0.05) is 6.54 Å². The van der Waals surface area contributed by atoms with Crippen LogP contribution in [0.3, 0.4) is 0 Å². The van der Waals surface area contributed by atoms with Crippen molar-refractivity contribution in [2.75, 3.05) is 18.0 Å². The van der Waals surface area contributed by atoms with Crippen LogP contribution in [0.1, 0.15) is 25.3 Å². The first-order chi connectivity index (χ1) is 7.18. The van der Waals surface area contributed by atoms with Crippen molar-refractivity contribution < 1.29 is 5.11 Å². The molecule has 0 atom stereocenters. The van der Waals surface area contributed by atoms with Gasteiger partial charge >= 0.3 is 0 Å². The van der Waals surface area contributed by atoms with Crippen LogP contribution >= 0.6 is 0 Å². The average Bonchev–Trinajstić information content (AvgIpc) is 2.71. The summed E-state index contributed by atoms with van der Waals surface area (Å²) in [5.41, 5.74) is 2.10. The number of aliphatic imine (C=N–C) groups is 1. The lowest BCUT2D eigenvalue weighted by molar-refractivity contribution is 0.476. The molecule has 1 aliphatic rings. The lowest BCUT2D eigenvalue weighted by atomic mass is 10.0. The van der Waals surface area contributed by atoms with E-state index in [-0.39, 0.29) is 0 Å². The van der Waals surface area contributed by atoms with Gasteiger partial charge in [-0.05, 0) is 23.6 Å². The van der Waals surface area contributed by atoms with Gasteiger partial charge in [0.05, 0.1) is 18.6 Å². The van der Waals surface area contributed by atoms with E-state index in [1.54, 1.807) is 12.4 Å². The van der Waals surface area contributed by atoms with Crippen LogP contribution in [-0.4, -0.2) is 24.5 Å². The Morgan fingerprint density at radius 3 is 2.80 bits per heavy atom. The van der Waals surface area contributed by atoms with Crippen LogP contribution in [0.5, 0.6) is 5.75 Å². The second-order valence-corrected chi connectivity index (χ2v) is 4.12.